The first kappa shape index (κ1) is 10.4. The largest absolute Gasteiger partial charge is 0.313 e. The Bertz CT molecular complexity index is 164. The Morgan fingerprint density at radius 1 is 1.21 bits per heavy atom. The van der Waals surface area contributed by atoms with Crippen molar-refractivity contribution < 1.29 is 0 Å². The molecule has 82 valence electrons. The third-order valence-corrected chi connectivity index (χ3v) is 3.84. The van der Waals surface area contributed by atoms with E-state index in [4.69, 9.17) is 0 Å². The summed E-state index contributed by atoms with van der Waals surface area (Å²) in [4.78, 5) is 2.73. The number of nitrogens with zero attached hydrogens (tertiary/aromatic N) is 1. The molecule has 2 rings (SSSR count). The molecule has 2 saturated heterocycles. The fourth-order valence-corrected chi connectivity index (χ4v) is 2.96. The first-order chi connectivity index (χ1) is 6.90. The quantitative estimate of drug-likeness (QED) is 0.743. The van der Waals surface area contributed by atoms with Crippen LogP contribution in [-0.4, -0.2) is 36.6 Å². The van der Waals surface area contributed by atoms with Gasteiger partial charge in [0.2, 0.25) is 0 Å². The van der Waals surface area contributed by atoms with E-state index in [1.807, 2.05) is 0 Å². The van der Waals surface area contributed by atoms with E-state index in [0.717, 1.165) is 12.1 Å². The van der Waals surface area contributed by atoms with Crippen LogP contribution in [0.3, 0.4) is 0 Å². The van der Waals surface area contributed by atoms with Crippen LogP contribution in [0.25, 0.3) is 0 Å². The van der Waals surface area contributed by atoms with Gasteiger partial charge in [-0.1, -0.05) is 13.3 Å². The number of rotatable bonds is 3. The molecule has 0 radical (unpaired) electrons. The zero-order valence-corrected chi connectivity index (χ0v) is 9.47. The van der Waals surface area contributed by atoms with E-state index in [9.17, 15) is 0 Å². The summed E-state index contributed by atoms with van der Waals surface area (Å²) in [6.07, 6.45) is 8.43. The molecule has 0 aromatic carbocycles. The van der Waals surface area contributed by atoms with Crippen LogP contribution >= 0.6 is 0 Å². The molecule has 2 aliphatic rings. The lowest BCUT2D eigenvalue weighted by Crippen LogP contribution is -2.45. The second-order valence-corrected chi connectivity index (χ2v) is 4.85. The third kappa shape index (κ3) is 2.48. The van der Waals surface area contributed by atoms with Crippen molar-refractivity contribution in [3.63, 3.8) is 0 Å². The van der Waals surface area contributed by atoms with Crippen LogP contribution in [0.4, 0.5) is 0 Å². The number of likely N-dealkylation sites (tertiary alicyclic amines) is 1. The first-order valence-corrected chi connectivity index (χ1v) is 6.37. The molecule has 0 aliphatic carbocycles. The van der Waals surface area contributed by atoms with Gasteiger partial charge >= 0.3 is 0 Å². The van der Waals surface area contributed by atoms with Crippen molar-refractivity contribution in [3.05, 3.63) is 0 Å². The third-order valence-electron chi connectivity index (χ3n) is 3.84. The van der Waals surface area contributed by atoms with Gasteiger partial charge in [-0.3, -0.25) is 4.90 Å². The molecule has 0 aromatic rings. The van der Waals surface area contributed by atoms with Crippen LogP contribution in [0.1, 0.15) is 45.4 Å². The highest BCUT2D eigenvalue weighted by Crippen LogP contribution is 2.20. The Morgan fingerprint density at radius 2 is 2.14 bits per heavy atom. The van der Waals surface area contributed by atoms with Crippen molar-refractivity contribution in [3.8, 4) is 0 Å². The highest BCUT2D eigenvalue weighted by Gasteiger charge is 2.24. The van der Waals surface area contributed by atoms with Gasteiger partial charge in [-0.2, -0.15) is 0 Å². The number of piperidine rings is 1. The van der Waals surface area contributed by atoms with Crippen LogP contribution in [0.2, 0.25) is 0 Å². The molecule has 2 atom stereocenters. The SMILES string of the molecule is CC[C@H]1CCCCN1C[C@H]1CCCN1. The average Bonchev–Trinajstić information content (AvgIpc) is 2.71. The summed E-state index contributed by atoms with van der Waals surface area (Å²) >= 11 is 0. The van der Waals surface area contributed by atoms with Crippen molar-refractivity contribution >= 4 is 0 Å². The second kappa shape index (κ2) is 5.13. The molecule has 2 aliphatic heterocycles. The molecule has 0 bridgehead atoms. The van der Waals surface area contributed by atoms with Gasteiger partial charge in [0.1, 0.15) is 0 Å². The minimum Gasteiger partial charge on any atom is -0.313 e. The molecule has 0 saturated carbocycles. The van der Waals surface area contributed by atoms with Gasteiger partial charge in [0.05, 0.1) is 0 Å². The lowest BCUT2D eigenvalue weighted by Gasteiger charge is -2.36. The smallest absolute Gasteiger partial charge is 0.0195 e. The number of hydrogen-bond acceptors (Lipinski definition) is 2. The Hall–Kier alpha value is -0.0800. The minimum absolute atomic E-state index is 0.794. The van der Waals surface area contributed by atoms with Crippen molar-refractivity contribution in [1.29, 1.82) is 0 Å². The normalized spacial score (nSPS) is 34.9. The lowest BCUT2D eigenvalue weighted by molar-refractivity contribution is 0.132. The summed E-state index contributed by atoms with van der Waals surface area (Å²) in [6.45, 7) is 6.23. The summed E-state index contributed by atoms with van der Waals surface area (Å²) < 4.78 is 0. The van der Waals surface area contributed by atoms with E-state index in [1.165, 1.54) is 58.2 Å². The maximum absolute atomic E-state index is 3.61. The predicted molar refractivity (Wildman–Crippen MR) is 60.5 cm³/mol. The van der Waals surface area contributed by atoms with Gasteiger partial charge in [0, 0.05) is 18.6 Å². The first-order valence-electron chi connectivity index (χ1n) is 6.37. The molecule has 1 N–H and O–H groups in total. The van der Waals surface area contributed by atoms with E-state index in [-0.39, 0.29) is 0 Å². The monoisotopic (exact) mass is 196 g/mol. The summed E-state index contributed by atoms with van der Waals surface area (Å²) in [5.41, 5.74) is 0. The topological polar surface area (TPSA) is 15.3 Å². The second-order valence-electron chi connectivity index (χ2n) is 4.85. The summed E-state index contributed by atoms with van der Waals surface area (Å²) in [5.74, 6) is 0. The fraction of sp³-hybridized carbons (Fsp3) is 1.00. The van der Waals surface area contributed by atoms with Crippen LogP contribution in [0.5, 0.6) is 0 Å². The Labute approximate surface area is 88.1 Å². The number of hydrogen-bond donors (Lipinski definition) is 1. The van der Waals surface area contributed by atoms with E-state index >= 15 is 0 Å². The molecule has 2 nitrogen and oxygen atoms in total. The maximum Gasteiger partial charge on any atom is 0.0195 e. The zero-order chi connectivity index (χ0) is 9.80. The highest BCUT2D eigenvalue weighted by molar-refractivity contribution is 4.83. The van der Waals surface area contributed by atoms with E-state index in [2.05, 4.69) is 17.1 Å². The van der Waals surface area contributed by atoms with Crippen LogP contribution in [0, 0.1) is 0 Å². The fourth-order valence-electron chi connectivity index (χ4n) is 2.96. The van der Waals surface area contributed by atoms with Crippen molar-refractivity contribution in [2.75, 3.05) is 19.6 Å². The molecule has 0 aromatic heterocycles. The standard InChI is InChI=1S/C12H24N2/c1-2-12-7-3-4-9-14(12)10-11-6-5-8-13-11/h11-13H,2-10H2,1H3/t11-,12+/m1/s1. The molecule has 2 heteroatoms. The Morgan fingerprint density at radius 3 is 2.86 bits per heavy atom. The molecular weight excluding hydrogens is 172 g/mol. The number of nitrogens with one attached hydrogen (secondary N) is 1. The summed E-state index contributed by atoms with van der Waals surface area (Å²) in [6, 6.07) is 1.67. The van der Waals surface area contributed by atoms with Crippen LogP contribution in [-0.2, 0) is 0 Å². The van der Waals surface area contributed by atoms with E-state index in [0.29, 0.717) is 0 Å². The van der Waals surface area contributed by atoms with E-state index < -0.39 is 0 Å². The lowest BCUT2D eigenvalue weighted by atomic mass is 9.99. The zero-order valence-electron chi connectivity index (χ0n) is 9.47. The van der Waals surface area contributed by atoms with Crippen LogP contribution in [0.15, 0.2) is 0 Å². The molecular formula is C12H24N2. The summed E-state index contributed by atoms with van der Waals surface area (Å²) in [7, 11) is 0. The molecule has 0 amide bonds. The molecule has 2 fully saturated rings. The van der Waals surface area contributed by atoms with Gasteiger partial charge in [0.15, 0.2) is 0 Å². The minimum atomic E-state index is 0.794. The van der Waals surface area contributed by atoms with Gasteiger partial charge in [-0.05, 0) is 45.2 Å². The maximum atomic E-state index is 3.61. The van der Waals surface area contributed by atoms with Crippen molar-refractivity contribution in [2.45, 2.75) is 57.5 Å². The van der Waals surface area contributed by atoms with Crippen molar-refractivity contribution in [1.82, 2.24) is 10.2 Å². The molecule has 0 unspecified atom stereocenters. The van der Waals surface area contributed by atoms with E-state index in [1.54, 1.807) is 0 Å². The Kier molecular flexibility index (Phi) is 3.82. The molecule has 14 heavy (non-hydrogen) atoms. The van der Waals surface area contributed by atoms with Crippen molar-refractivity contribution in [2.24, 2.45) is 0 Å². The predicted octanol–water partition coefficient (Wildman–Crippen LogP) is 2.00. The van der Waals surface area contributed by atoms with Crippen LogP contribution < -0.4 is 5.32 Å². The summed E-state index contributed by atoms with van der Waals surface area (Å²) in [5, 5.41) is 3.61. The van der Waals surface area contributed by atoms with Gasteiger partial charge in [-0.15, -0.1) is 0 Å². The van der Waals surface area contributed by atoms with Gasteiger partial charge in [-0.25, -0.2) is 0 Å². The highest BCUT2D eigenvalue weighted by atomic mass is 15.2. The molecule has 0 spiro atoms. The van der Waals surface area contributed by atoms with Gasteiger partial charge < -0.3 is 5.32 Å². The molecule has 2 heterocycles. The van der Waals surface area contributed by atoms with Gasteiger partial charge in [0.25, 0.3) is 0 Å². The average molecular weight is 196 g/mol. The Balaban J connectivity index is 1.81.